The molecule has 1 N–H and O–H groups in total. The summed E-state index contributed by atoms with van der Waals surface area (Å²) in [5.41, 5.74) is 0.531. The molecule has 0 saturated heterocycles. The Hall–Kier alpha value is -0.610. The maximum absolute atomic E-state index is 11.6. The van der Waals surface area contributed by atoms with Gasteiger partial charge in [-0.25, -0.2) is 4.98 Å². The molecule has 0 aliphatic rings. The average molecular weight is 261 g/mol. The zero-order chi connectivity index (χ0) is 11.8. The monoisotopic (exact) mass is 260 g/mol. The Morgan fingerprint density at radius 3 is 2.81 bits per heavy atom. The van der Waals surface area contributed by atoms with Gasteiger partial charge in [0, 0.05) is 17.8 Å². The number of aromatic nitrogens is 1. The summed E-state index contributed by atoms with van der Waals surface area (Å²) in [7, 11) is 0. The van der Waals surface area contributed by atoms with Crippen molar-refractivity contribution in [2.24, 2.45) is 0 Å². The Kier molecular flexibility index (Phi) is 6.42. The molecule has 0 unspecified atom stereocenters. The van der Waals surface area contributed by atoms with Gasteiger partial charge < -0.3 is 5.32 Å². The Morgan fingerprint density at radius 1 is 1.44 bits per heavy atom. The predicted molar refractivity (Wildman–Crippen MR) is 68.4 cm³/mol. The van der Waals surface area contributed by atoms with Gasteiger partial charge in [-0.1, -0.05) is 12.8 Å². The van der Waals surface area contributed by atoms with E-state index in [0.717, 1.165) is 43.1 Å². The Balaban J connectivity index is 2.11. The third-order valence-electron chi connectivity index (χ3n) is 2.20. The highest BCUT2D eigenvalue weighted by Gasteiger charge is 2.07. The maximum atomic E-state index is 11.6. The molecular formula is C11H17ClN2OS. The molecule has 0 saturated carbocycles. The largest absolute Gasteiger partial charge is 0.351 e. The van der Waals surface area contributed by atoms with Crippen LogP contribution in [-0.2, 0) is 0 Å². The van der Waals surface area contributed by atoms with Crippen molar-refractivity contribution in [3.8, 4) is 0 Å². The van der Waals surface area contributed by atoms with E-state index in [-0.39, 0.29) is 5.91 Å². The van der Waals surface area contributed by atoms with Crippen LogP contribution in [-0.4, -0.2) is 23.3 Å². The van der Waals surface area contributed by atoms with Gasteiger partial charge >= 0.3 is 0 Å². The molecule has 0 spiro atoms. The molecule has 0 aliphatic heterocycles. The molecule has 0 atom stereocenters. The number of unbranched alkanes of at least 4 members (excludes halogenated alkanes) is 3. The summed E-state index contributed by atoms with van der Waals surface area (Å²) in [5, 5.41) is 5.57. The van der Waals surface area contributed by atoms with E-state index >= 15 is 0 Å². The Morgan fingerprint density at radius 2 is 2.19 bits per heavy atom. The van der Waals surface area contributed by atoms with Crippen molar-refractivity contribution >= 4 is 28.8 Å². The SMILES string of the molecule is Cc1nc(C(=O)NCCCCCCCl)cs1. The minimum absolute atomic E-state index is 0.0679. The molecule has 1 aromatic rings. The molecule has 0 aromatic carbocycles. The van der Waals surface area contributed by atoms with Crippen LogP contribution < -0.4 is 5.32 Å². The number of thiazole rings is 1. The van der Waals surface area contributed by atoms with Gasteiger partial charge in [0.05, 0.1) is 5.01 Å². The summed E-state index contributed by atoms with van der Waals surface area (Å²) >= 11 is 7.07. The highest BCUT2D eigenvalue weighted by molar-refractivity contribution is 7.09. The van der Waals surface area contributed by atoms with Gasteiger partial charge in [0.25, 0.3) is 5.91 Å². The van der Waals surface area contributed by atoms with Gasteiger partial charge in [-0.3, -0.25) is 4.79 Å². The van der Waals surface area contributed by atoms with Crippen LogP contribution in [0.2, 0.25) is 0 Å². The van der Waals surface area contributed by atoms with Gasteiger partial charge in [-0.2, -0.15) is 0 Å². The molecular weight excluding hydrogens is 244 g/mol. The number of aryl methyl sites for hydroxylation is 1. The van der Waals surface area contributed by atoms with E-state index in [9.17, 15) is 4.79 Å². The van der Waals surface area contributed by atoms with Crippen LogP contribution in [0.15, 0.2) is 5.38 Å². The first-order valence-electron chi connectivity index (χ1n) is 5.50. The summed E-state index contributed by atoms with van der Waals surface area (Å²) in [6.07, 6.45) is 4.31. The van der Waals surface area contributed by atoms with Crippen molar-refractivity contribution in [1.29, 1.82) is 0 Å². The number of nitrogens with one attached hydrogen (secondary N) is 1. The fourth-order valence-electron chi connectivity index (χ4n) is 1.33. The van der Waals surface area contributed by atoms with Gasteiger partial charge in [0.15, 0.2) is 0 Å². The standard InChI is InChI=1S/C11H17ClN2OS/c1-9-14-10(8-16-9)11(15)13-7-5-3-2-4-6-12/h8H,2-7H2,1H3,(H,13,15). The van der Waals surface area contributed by atoms with E-state index in [1.807, 2.05) is 6.92 Å². The van der Waals surface area contributed by atoms with Crippen molar-refractivity contribution in [2.75, 3.05) is 12.4 Å². The molecule has 1 heterocycles. The van der Waals surface area contributed by atoms with Gasteiger partial charge in [-0.05, 0) is 19.8 Å². The lowest BCUT2D eigenvalue weighted by Crippen LogP contribution is -2.24. The van der Waals surface area contributed by atoms with E-state index in [2.05, 4.69) is 10.3 Å². The van der Waals surface area contributed by atoms with E-state index in [1.165, 1.54) is 11.3 Å². The molecule has 3 nitrogen and oxygen atoms in total. The number of rotatable bonds is 7. The van der Waals surface area contributed by atoms with E-state index in [0.29, 0.717) is 5.69 Å². The summed E-state index contributed by atoms with van der Waals surface area (Å²) < 4.78 is 0. The smallest absolute Gasteiger partial charge is 0.270 e. The number of amides is 1. The Bertz CT molecular complexity index is 328. The first-order valence-corrected chi connectivity index (χ1v) is 6.91. The summed E-state index contributed by atoms with van der Waals surface area (Å²) in [4.78, 5) is 15.7. The molecule has 5 heteroatoms. The fraction of sp³-hybridized carbons (Fsp3) is 0.636. The lowest BCUT2D eigenvalue weighted by atomic mass is 10.2. The van der Waals surface area contributed by atoms with Crippen LogP contribution >= 0.6 is 22.9 Å². The highest BCUT2D eigenvalue weighted by atomic mass is 35.5. The molecule has 90 valence electrons. The number of carbonyl (C=O) groups is 1. The number of carbonyl (C=O) groups excluding carboxylic acids is 1. The number of nitrogens with zero attached hydrogens (tertiary/aromatic N) is 1. The molecule has 0 fully saturated rings. The van der Waals surface area contributed by atoms with Crippen molar-refractivity contribution < 1.29 is 4.79 Å². The summed E-state index contributed by atoms with van der Waals surface area (Å²) in [5.74, 6) is 0.659. The third kappa shape index (κ3) is 4.94. The minimum Gasteiger partial charge on any atom is -0.351 e. The minimum atomic E-state index is -0.0679. The lowest BCUT2D eigenvalue weighted by Gasteiger charge is -2.02. The molecule has 0 bridgehead atoms. The molecule has 0 aliphatic carbocycles. The number of alkyl halides is 1. The van der Waals surface area contributed by atoms with E-state index in [1.54, 1.807) is 5.38 Å². The third-order valence-corrected chi connectivity index (χ3v) is 3.24. The second kappa shape index (κ2) is 7.63. The molecule has 0 radical (unpaired) electrons. The second-order valence-corrected chi connectivity index (χ2v) is 5.05. The van der Waals surface area contributed by atoms with Gasteiger partial charge in [0.1, 0.15) is 5.69 Å². The molecule has 1 amide bonds. The Labute approximate surface area is 105 Å². The van der Waals surface area contributed by atoms with Gasteiger partial charge in [0.2, 0.25) is 0 Å². The normalized spacial score (nSPS) is 10.4. The van der Waals surface area contributed by atoms with E-state index in [4.69, 9.17) is 11.6 Å². The van der Waals surface area contributed by atoms with Crippen LogP contribution in [0.25, 0.3) is 0 Å². The predicted octanol–water partition coefficient (Wildman–Crippen LogP) is 2.98. The van der Waals surface area contributed by atoms with Crippen molar-refractivity contribution in [1.82, 2.24) is 10.3 Å². The zero-order valence-corrected chi connectivity index (χ0v) is 11.0. The van der Waals surface area contributed by atoms with Gasteiger partial charge in [-0.15, -0.1) is 22.9 Å². The van der Waals surface area contributed by atoms with E-state index < -0.39 is 0 Å². The van der Waals surface area contributed by atoms with Crippen LogP contribution in [0.1, 0.15) is 41.2 Å². The summed E-state index contributed by atoms with van der Waals surface area (Å²) in [6.45, 7) is 2.62. The first kappa shape index (κ1) is 13.5. The quantitative estimate of drug-likeness (QED) is 0.605. The number of hydrogen-bond donors (Lipinski definition) is 1. The average Bonchev–Trinajstić information content (AvgIpc) is 2.70. The maximum Gasteiger partial charge on any atom is 0.270 e. The van der Waals surface area contributed by atoms with Crippen LogP contribution in [0.4, 0.5) is 0 Å². The topological polar surface area (TPSA) is 42.0 Å². The van der Waals surface area contributed by atoms with Crippen LogP contribution in [0, 0.1) is 6.92 Å². The first-order chi connectivity index (χ1) is 7.74. The van der Waals surface area contributed by atoms with Crippen molar-refractivity contribution in [3.63, 3.8) is 0 Å². The second-order valence-electron chi connectivity index (χ2n) is 3.61. The molecule has 16 heavy (non-hydrogen) atoms. The lowest BCUT2D eigenvalue weighted by molar-refractivity contribution is 0.0948. The summed E-state index contributed by atoms with van der Waals surface area (Å²) in [6, 6.07) is 0. The zero-order valence-electron chi connectivity index (χ0n) is 9.46. The van der Waals surface area contributed by atoms with Crippen LogP contribution in [0.5, 0.6) is 0 Å². The number of hydrogen-bond acceptors (Lipinski definition) is 3. The van der Waals surface area contributed by atoms with Crippen LogP contribution in [0.3, 0.4) is 0 Å². The fourth-order valence-corrected chi connectivity index (χ4v) is 2.12. The van der Waals surface area contributed by atoms with Crippen molar-refractivity contribution in [2.45, 2.75) is 32.6 Å². The molecule has 1 aromatic heterocycles. The highest BCUT2D eigenvalue weighted by Crippen LogP contribution is 2.07. The van der Waals surface area contributed by atoms with Crippen molar-refractivity contribution in [3.05, 3.63) is 16.1 Å². The molecule has 1 rings (SSSR count). The number of halogens is 1.